The number of benzene rings is 3. The van der Waals surface area contributed by atoms with Crippen LogP contribution in [0.5, 0.6) is 28.7 Å². The zero-order valence-corrected chi connectivity index (χ0v) is 35.2. The van der Waals surface area contributed by atoms with Crippen molar-refractivity contribution in [1.82, 2.24) is 4.90 Å². The predicted octanol–water partition coefficient (Wildman–Crippen LogP) is -0.421. The van der Waals surface area contributed by atoms with Crippen LogP contribution in [0.25, 0.3) is 0 Å². The summed E-state index contributed by atoms with van der Waals surface area (Å²) >= 11 is 0. The SMILES string of the molecule is NC(N)C(OC(=O)CC(=O)O)C1OC2Oc3cc4c(c(CN5CC6=CC=NC6=C5CO)c3C#CCC1(O)C(O)C2O)C1Oc2c(ccc(OCO)c2OCCO)C1C(Cc1ccccc1)O4. The maximum absolute atomic E-state index is 12.6. The van der Waals surface area contributed by atoms with Crippen molar-refractivity contribution < 1.29 is 78.5 Å². The first-order valence-corrected chi connectivity index (χ1v) is 21.2. The topological polar surface area (TPSA) is 308 Å². The van der Waals surface area contributed by atoms with E-state index in [1.54, 1.807) is 18.3 Å². The van der Waals surface area contributed by atoms with Gasteiger partial charge < -0.3 is 85.3 Å². The van der Waals surface area contributed by atoms with Crippen LogP contribution in [-0.4, -0.2) is 141 Å². The Kier molecular flexibility index (Phi) is 12.4. The third-order valence-corrected chi connectivity index (χ3v) is 12.5. The third kappa shape index (κ3) is 7.97. The van der Waals surface area contributed by atoms with E-state index in [0.29, 0.717) is 46.8 Å². The number of hydrogen-bond acceptors (Lipinski definition) is 19. The lowest BCUT2D eigenvalue weighted by Crippen LogP contribution is -2.72. The van der Waals surface area contributed by atoms with Crippen molar-refractivity contribution >= 4 is 18.2 Å². The molecule has 348 valence electrons. The molecule has 11 N–H and O–H groups in total. The van der Waals surface area contributed by atoms with Crippen LogP contribution in [0.1, 0.15) is 52.7 Å². The zero-order valence-electron chi connectivity index (χ0n) is 35.2. The summed E-state index contributed by atoms with van der Waals surface area (Å²) in [5.74, 6) is 3.68. The fraction of sp³-hybridized carbons (Fsp3) is 0.413. The maximum Gasteiger partial charge on any atom is 0.317 e. The van der Waals surface area contributed by atoms with Crippen LogP contribution in [0.3, 0.4) is 0 Å². The summed E-state index contributed by atoms with van der Waals surface area (Å²) in [6.45, 7) is -1.06. The predicted molar refractivity (Wildman–Crippen MR) is 227 cm³/mol. The van der Waals surface area contributed by atoms with Crippen LogP contribution < -0.4 is 35.2 Å². The molecule has 0 spiro atoms. The standard InChI is InChI=1S/C46H48N4O16/c47-44(48)41(64-33(56)17-32(54)55)43-46(59)11-4-7-24-26(19-50-18-23-10-12-49-36(23)27(50)20-52)35-31(16-29(24)63-45(66-43)37(57)42(46)58)62-30(15-22-5-2-1-3-6-22)34-25-8-9-28(61-21-53)39(60-14-13-51)38(25)65-40(34)35/h1-3,5-6,8-10,12,16,30,34,37,40-45,51-53,57-59H,11,13-15,17-21,47-48H2,(H,54,55). The number of fused-ring (bicyclic) bond motifs is 9. The molecule has 9 atom stereocenters. The summed E-state index contributed by atoms with van der Waals surface area (Å²) in [6, 6.07) is 14.7. The van der Waals surface area contributed by atoms with Gasteiger partial charge in [-0.25, -0.2) is 0 Å². The van der Waals surface area contributed by atoms with E-state index in [0.717, 1.165) is 11.1 Å². The van der Waals surface area contributed by atoms with Gasteiger partial charge >= 0.3 is 11.9 Å². The van der Waals surface area contributed by atoms with Gasteiger partial charge in [0.05, 0.1) is 42.3 Å². The number of aliphatic imine (C=N–C) groups is 1. The molecule has 9 unspecified atom stereocenters. The minimum atomic E-state index is -2.52. The van der Waals surface area contributed by atoms with Crippen LogP contribution >= 0.6 is 0 Å². The lowest BCUT2D eigenvalue weighted by Gasteiger charge is -2.50. The van der Waals surface area contributed by atoms with E-state index in [9.17, 15) is 45.3 Å². The Labute approximate surface area is 376 Å². The smallest absolute Gasteiger partial charge is 0.317 e. The molecular weight excluding hydrogens is 865 g/mol. The summed E-state index contributed by atoms with van der Waals surface area (Å²) < 4.78 is 43.5. The Morgan fingerprint density at radius 3 is 2.56 bits per heavy atom. The molecule has 1 fully saturated rings. The van der Waals surface area contributed by atoms with E-state index < -0.39 is 92.2 Å². The number of nitrogens with two attached hydrogens (primary N) is 2. The quantitative estimate of drug-likeness (QED) is 0.0405. The fourth-order valence-electron chi connectivity index (χ4n) is 9.56. The minimum absolute atomic E-state index is 0.00269. The van der Waals surface area contributed by atoms with Crippen LogP contribution in [0, 0.1) is 11.8 Å². The number of aliphatic hydroxyl groups excluding tert-OH is 5. The molecule has 0 saturated carbocycles. The molecule has 2 bridgehead atoms. The monoisotopic (exact) mass is 912 g/mol. The number of ether oxygens (including phenoxy) is 7. The molecule has 0 aliphatic carbocycles. The molecule has 66 heavy (non-hydrogen) atoms. The van der Waals surface area contributed by atoms with Crippen molar-refractivity contribution in [3.63, 3.8) is 0 Å². The number of aliphatic carboxylic acids is 1. The van der Waals surface area contributed by atoms with Gasteiger partial charge in [0.15, 0.2) is 24.4 Å². The van der Waals surface area contributed by atoms with Crippen molar-refractivity contribution in [2.75, 3.05) is 33.2 Å². The zero-order chi connectivity index (χ0) is 46.4. The van der Waals surface area contributed by atoms with Crippen LogP contribution in [0.2, 0.25) is 0 Å². The van der Waals surface area contributed by atoms with E-state index in [1.807, 2.05) is 47.4 Å². The van der Waals surface area contributed by atoms with Gasteiger partial charge in [0.1, 0.15) is 60.6 Å². The third-order valence-electron chi connectivity index (χ3n) is 12.5. The van der Waals surface area contributed by atoms with E-state index >= 15 is 0 Å². The van der Waals surface area contributed by atoms with Gasteiger partial charge in [-0.1, -0.05) is 48.2 Å². The van der Waals surface area contributed by atoms with Gasteiger partial charge in [-0.3, -0.25) is 14.6 Å². The van der Waals surface area contributed by atoms with E-state index in [4.69, 9.17) is 44.6 Å². The van der Waals surface area contributed by atoms with Gasteiger partial charge in [-0.15, -0.1) is 0 Å². The van der Waals surface area contributed by atoms with Crippen molar-refractivity contribution in [2.24, 2.45) is 16.5 Å². The van der Waals surface area contributed by atoms with E-state index in [1.165, 1.54) is 0 Å². The number of allylic oxidation sites excluding steroid dienone is 1. The fourth-order valence-corrected chi connectivity index (χ4v) is 9.56. The van der Waals surface area contributed by atoms with E-state index in [-0.39, 0.29) is 54.9 Å². The molecule has 20 nitrogen and oxygen atoms in total. The second-order valence-electron chi connectivity index (χ2n) is 16.5. The molecule has 1 saturated heterocycles. The molecule has 3 aromatic carbocycles. The number of rotatable bonds is 15. The highest BCUT2D eigenvalue weighted by Crippen LogP contribution is 2.60. The first kappa shape index (κ1) is 44.9. The van der Waals surface area contributed by atoms with Gasteiger partial charge in [-0.2, -0.15) is 0 Å². The molecular formula is C46H48N4O16. The summed E-state index contributed by atoms with van der Waals surface area (Å²) in [7, 11) is 0. The molecule has 0 radical (unpaired) electrons. The van der Waals surface area contributed by atoms with Gasteiger partial charge in [0, 0.05) is 60.5 Å². The average molecular weight is 913 g/mol. The Balaban J connectivity index is 1.22. The summed E-state index contributed by atoms with van der Waals surface area (Å²) in [6.07, 6.45) is -10.2. The Morgan fingerprint density at radius 1 is 1.03 bits per heavy atom. The Bertz CT molecular complexity index is 2560. The highest BCUT2D eigenvalue weighted by atomic mass is 16.7. The molecule has 7 heterocycles. The van der Waals surface area contributed by atoms with Crippen molar-refractivity contribution in [3.8, 4) is 40.6 Å². The molecule has 0 aromatic heterocycles. The van der Waals surface area contributed by atoms with Crippen LogP contribution in [0.15, 0.2) is 76.6 Å². The number of nitrogens with zero attached hydrogens (tertiary/aromatic N) is 2. The first-order valence-electron chi connectivity index (χ1n) is 21.2. The number of carboxylic acid groups (broad SMARTS) is 1. The number of carbonyl (C=O) groups is 2. The van der Waals surface area contributed by atoms with Crippen LogP contribution in [0.4, 0.5) is 0 Å². The summed E-state index contributed by atoms with van der Waals surface area (Å²) in [4.78, 5) is 30.4. The minimum Gasteiger partial charge on any atom is -0.489 e. The highest BCUT2D eigenvalue weighted by molar-refractivity contribution is 5.90. The Hall–Kier alpha value is -6.25. The molecule has 0 amide bonds. The second kappa shape index (κ2) is 18.2. The number of aliphatic hydroxyl groups is 6. The molecule has 7 aliphatic rings. The summed E-state index contributed by atoms with van der Waals surface area (Å²) in [5.41, 5.74) is 14.5. The van der Waals surface area contributed by atoms with E-state index in [2.05, 4.69) is 16.8 Å². The normalized spacial score (nSPS) is 26.9. The molecule has 3 aromatic rings. The highest BCUT2D eigenvalue weighted by Gasteiger charge is 2.60. The largest absolute Gasteiger partial charge is 0.489 e. The van der Waals surface area contributed by atoms with Crippen LogP contribution in [-0.2, 0) is 32.0 Å². The lowest BCUT2D eigenvalue weighted by molar-refractivity contribution is -0.324. The molecule has 20 heteroatoms. The number of esters is 1. The maximum atomic E-state index is 12.6. The second-order valence-corrected chi connectivity index (χ2v) is 16.5. The average Bonchev–Trinajstić information content (AvgIpc) is 4.00. The first-order chi connectivity index (χ1) is 31.8. The Morgan fingerprint density at radius 2 is 1.83 bits per heavy atom. The van der Waals surface area contributed by atoms with Crippen molar-refractivity contribution in [2.45, 2.75) is 86.4 Å². The lowest BCUT2D eigenvalue weighted by atomic mass is 9.78. The molecule has 7 aliphatic heterocycles. The van der Waals surface area contributed by atoms with Crippen molar-refractivity contribution in [3.05, 3.63) is 99.4 Å². The van der Waals surface area contributed by atoms with Gasteiger partial charge in [0.25, 0.3) is 0 Å². The summed E-state index contributed by atoms with van der Waals surface area (Å²) in [5, 5.41) is 74.8. The number of hydrogen-bond donors (Lipinski definition) is 9. The number of carboxylic acids is 1. The molecule has 10 rings (SSSR count). The van der Waals surface area contributed by atoms with Gasteiger partial charge in [-0.05, 0) is 17.7 Å². The van der Waals surface area contributed by atoms with Crippen molar-refractivity contribution in [1.29, 1.82) is 0 Å². The van der Waals surface area contributed by atoms with Gasteiger partial charge in [0.2, 0.25) is 12.0 Å². The number of carbonyl (C=O) groups excluding carboxylic acids is 1.